The van der Waals surface area contributed by atoms with E-state index < -0.39 is 0 Å². The number of hydrogen-bond acceptors (Lipinski definition) is 6. The van der Waals surface area contributed by atoms with E-state index in [1.807, 2.05) is 54.4 Å². The van der Waals surface area contributed by atoms with Crippen LogP contribution in [0.3, 0.4) is 0 Å². The van der Waals surface area contributed by atoms with Crippen LogP contribution in [0.4, 0.5) is 11.6 Å². The van der Waals surface area contributed by atoms with Gasteiger partial charge in [-0.1, -0.05) is 24.3 Å². The lowest BCUT2D eigenvalue weighted by Crippen LogP contribution is -2.23. The third kappa shape index (κ3) is 4.37. The summed E-state index contributed by atoms with van der Waals surface area (Å²) in [5.41, 5.74) is 2.26. The van der Waals surface area contributed by atoms with Crippen LogP contribution in [0.2, 0.25) is 0 Å². The van der Waals surface area contributed by atoms with Crippen molar-refractivity contribution in [1.29, 1.82) is 0 Å². The van der Waals surface area contributed by atoms with Crippen LogP contribution in [-0.2, 0) is 6.54 Å². The minimum atomic E-state index is -0.247. The number of ether oxygens (including phenoxy) is 2. The van der Waals surface area contributed by atoms with E-state index in [4.69, 9.17) is 9.47 Å². The SMILES string of the molecule is COc1ccc(CNC(=O)c2cnc(N(C)c3ccccc3)nc2)cc1OC. The van der Waals surface area contributed by atoms with Crippen LogP contribution in [0.1, 0.15) is 15.9 Å². The van der Waals surface area contributed by atoms with E-state index in [1.54, 1.807) is 20.3 Å². The van der Waals surface area contributed by atoms with Crippen molar-refractivity contribution in [1.82, 2.24) is 15.3 Å². The van der Waals surface area contributed by atoms with Crippen LogP contribution in [0.15, 0.2) is 60.9 Å². The second-order valence-corrected chi connectivity index (χ2v) is 6.04. The quantitative estimate of drug-likeness (QED) is 0.680. The fraction of sp³-hybridized carbons (Fsp3) is 0.190. The van der Waals surface area contributed by atoms with E-state index in [-0.39, 0.29) is 5.91 Å². The molecule has 1 amide bonds. The van der Waals surface area contributed by atoms with Gasteiger partial charge in [0, 0.05) is 31.7 Å². The summed E-state index contributed by atoms with van der Waals surface area (Å²) in [4.78, 5) is 22.8. The van der Waals surface area contributed by atoms with Gasteiger partial charge < -0.3 is 19.7 Å². The number of anilines is 2. The minimum Gasteiger partial charge on any atom is -0.493 e. The van der Waals surface area contributed by atoms with Crippen molar-refractivity contribution in [3.05, 3.63) is 72.1 Å². The number of nitrogens with zero attached hydrogens (tertiary/aromatic N) is 3. The lowest BCUT2D eigenvalue weighted by molar-refractivity contribution is 0.0950. The molecule has 1 heterocycles. The molecule has 1 aromatic heterocycles. The molecular weight excluding hydrogens is 356 g/mol. The summed E-state index contributed by atoms with van der Waals surface area (Å²) in [6, 6.07) is 15.3. The molecule has 3 rings (SSSR count). The zero-order chi connectivity index (χ0) is 19.9. The van der Waals surface area contributed by atoms with Gasteiger partial charge in [-0.05, 0) is 29.8 Å². The van der Waals surface area contributed by atoms with Gasteiger partial charge in [-0.3, -0.25) is 4.79 Å². The zero-order valence-corrected chi connectivity index (χ0v) is 16.0. The Morgan fingerprint density at radius 2 is 1.68 bits per heavy atom. The molecular formula is C21H22N4O3. The Kier molecular flexibility index (Phi) is 6.06. The summed E-state index contributed by atoms with van der Waals surface area (Å²) >= 11 is 0. The zero-order valence-electron chi connectivity index (χ0n) is 16.0. The summed E-state index contributed by atoms with van der Waals surface area (Å²) < 4.78 is 10.5. The molecule has 2 aromatic carbocycles. The van der Waals surface area contributed by atoms with Crippen LogP contribution in [0, 0.1) is 0 Å². The average molecular weight is 378 g/mol. The van der Waals surface area contributed by atoms with Crippen LogP contribution in [0.5, 0.6) is 11.5 Å². The maximum Gasteiger partial charge on any atom is 0.254 e. The number of carbonyl (C=O) groups excluding carboxylic acids is 1. The Labute approximate surface area is 164 Å². The molecule has 0 unspecified atom stereocenters. The minimum absolute atomic E-state index is 0.247. The number of benzene rings is 2. The lowest BCUT2D eigenvalue weighted by Gasteiger charge is -2.16. The first kappa shape index (κ1) is 19.2. The number of para-hydroxylation sites is 1. The molecule has 1 N–H and O–H groups in total. The molecule has 0 saturated carbocycles. The summed E-state index contributed by atoms with van der Waals surface area (Å²) in [5, 5.41) is 2.86. The van der Waals surface area contributed by atoms with E-state index >= 15 is 0 Å². The summed E-state index contributed by atoms with van der Waals surface area (Å²) in [7, 11) is 5.03. The molecule has 0 radical (unpaired) electrons. The van der Waals surface area contributed by atoms with Gasteiger partial charge in [0.05, 0.1) is 19.8 Å². The molecule has 0 aliphatic heterocycles. The molecule has 0 saturated heterocycles. The summed E-state index contributed by atoms with van der Waals surface area (Å²) in [6.45, 7) is 0.352. The predicted molar refractivity (Wildman–Crippen MR) is 107 cm³/mol. The third-order valence-electron chi connectivity index (χ3n) is 4.24. The number of rotatable bonds is 7. The second kappa shape index (κ2) is 8.85. The summed E-state index contributed by atoms with van der Waals surface area (Å²) in [6.07, 6.45) is 3.04. The molecule has 0 atom stereocenters. The highest BCUT2D eigenvalue weighted by Gasteiger charge is 2.11. The van der Waals surface area contributed by atoms with E-state index in [0.717, 1.165) is 11.3 Å². The van der Waals surface area contributed by atoms with Crippen molar-refractivity contribution >= 4 is 17.5 Å². The normalized spacial score (nSPS) is 10.2. The first-order chi connectivity index (χ1) is 13.6. The Bertz CT molecular complexity index is 930. The standard InChI is InChI=1S/C21H22N4O3/c1-25(17-7-5-4-6-8-17)21-23-13-16(14-24-21)20(26)22-12-15-9-10-18(27-2)19(11-15)28-3/h4-11,13-14H,12H2,1-3H3,(H,22,26). The van der Waals surface area contributed by atoms with E-state index in [9.17, 15) is 4.79 Å². The molecule has 0 aliphatic rings. The van der Waals surface area contributed by atoms with Gasteiger partial charge in [0.15, 0.2) is 11.5 Å². The molecule has 7 nitrogen and oxygen atoms in total. The van der Waals surface area contributed by atoms with Gasteiger partial charge in [-0.2, -0.15) is 0 Å². The predicted octanol–water partition coefficient (Wildman–Crippen LogP) is 3.19. The molecule has 28 heavy (non-hydrogen) atoms. The molecule has 0 bridgehead atoms. The van der Waals surface area contributed by atoms with Crippen molar-refractivity contribution in [2.45, 2.75) is 6.54 Å². The van der Waals surface area contributed by atoms with Gasteiger partial charge in [0.1, 0.15) is 0 Å². The van der Waals surface area contributed by atoms with Crippen molar-refractivity contribution in [3.8, 4) is 11.5 Å². The van der Waals surface area contributed by atoms with Gasteiger partial charge in [-0.15, -0.1) is 0 Å². The highest BCUT2D eigenvalue weighted by molar-refractivity contribution is 5.93. The highest BCUT2D eigenvalue weighted by Crippen LogP contribution is 2.27. The molecule has 0 spiro atoms. The molecule has 7 heteroatoms. The number of nitrogens with one attached hydrogen (secondary N) is 1. The number of carbonyl (C=O) groups is 1. The van der Waals surface area contributed by atoms with Gasteiger partial charge in [0.25, 0.3) is 5.91 Å². The molecule has 3 aromatic rings. The Morgan fingerprint density at radius 3 is 2.32 bits per heavy atom. The summed E-state index contributed by atoms with van der Waals surface area (Å²) in [5.74, 6) is 1.53. The third-order valence-corrected chi connectivity index (χ3v) is 4.24. The molecule has 0 aliphatic carbocycles. The highest BCUT2D eigenvalue weighted by atomic mass is 16.5. The smallest absolute Gasteiger partial charge is 0.254 e. The van der Waals surface area contributed by atoms with Crippen LogP contribution < -0.4 is 19.7 Å². The van der Waals surface area contributed by atoms with Gasteiger partial charge in [0.2, 0.25) is 5.95 Å². The largest absolute Gasteiger partial charge is 0.493 e. The van der Waals surface area contributed by atoms with Crippen molar-refractivity contribution in [2.75, 3.05) is 26.2 Å². The van der Waals surface area contributed by atoms with Gasteiger partial charge in [-0.25, -0.2) is 9.97 Å². The number of aromatic nitrogens is 2. The fourth-order valence-electron chi connectivity index (χ4n) is 2.65. The Morgan fingerprint density at radius 1 is 1.00 bits per heavy atom. The monoisotopic (exact) mass is 378 g/mol. The molecule has 0 fully saturated rings. The number of amides is 1. The van der Waals surface area contributed by atoms with E-state index in [1.165, 1.54) is 12.4 Å². The number of hydrogen-bond donors (Lipinski definition) is 1. The Balaban J connectivity index is 1.63. The van der Waals surface area contributed by atoms with Gasteiger partial charge >= 0.3 is 0 Å². The molecule has 144 valence electrons. The van der Waals surface area contributed by atoms with Crippen molar-refractivity contribution < 1.29 is 14.3 Å². The second-order valence-electron chi connectivity index (χ2n) is 6.04. The maximum atomic E-state index is 12.4. The van der Waals surface area contributed by atoms with Crippen molar-refractivity contribution in [2.24, 2.45) is 0 Å². The number of methoxy groups -OCH3 is 2. The van der Waals surface area contributed by atoms with E-state index in [0.29, 0.717) is 29.6 Å². The van der Waals surface area contributed by atoms with Crippen LogP contribution in [0.25, 0.3) is 0 Å². The lowest BCUT2D eigenvalue weighted by atomic mass is 10.2. The van der Waals surface area contributed by atoms with Crippen LogP contribution in [-0.4, -0.2) is 37.1 Å². The van der Waals surface area contributed by atoms with Crippen molar-refractivity contribution in [3.63, 3.8) is 0 Å². The van der Waals surface area contributed by atoms with Crippen LogP contribution >= 0.6 is 0 Å². The average Bonchev–Trinajstić information content (AvgIpc) is 2.77. The first-order valence-electron chi connectivity index (χ1n) is 8.72. The fourth-order valence-corrected chi connectivity index (χ4v) is 2.65. The topological polar surface area (TPSA) is 76.6 Å². The maximum absolute atomic E-state index is 12.4. The van der Waals surface area contributed by atoms with E-state index in [2.05, 4.69) is 15.3 Å². The Hall–Kier alpha value is -3.61. The first-order valence-corrected chi connectivity index (χ1v) is 8.72.